The Kier molecular flexibility index (Phi) is 6.41. The third-order valence-corrected chi connectivity index (χ3v) is 4.01. The zero-order valence-electron chi connectivity index (χ0n) is 11.5. The van der Waals surface area contributed by atoms with Crippen molar-refractivity contribution >= 4 is 0 Å². The van der Waals surface area contributed by atoms with Gasteiger partial charge in [-0.15, -0.1) is 0 Å². The van der Waals surface area contributed by atoms with Gasteiger partial charge in [-0.3, -0.25) is 0 Å². The van der Waals surface area contributed by atoms with Crippen molar-refractivity contribution in [3.63, 3.8) is 0 Å². The van der Waals surface area contributed by atoms with Gasteiger partial charge in [-0.2, -0.15) is 0 Å². The molecular formula is C13H28N2O2. The minimum Gasteiger partial charge on any atom is -0.394 e. The van der Waals surface area contributed by atoms with Gasteiger partial charge >= 0.3 is 0 Å². The smallest absolute Gasteiger partial charge is 0.0614 e. The highest BCUT2D eigenvalue weighted by Crippen LogP contribution is 2.25. The van der Waals surface area contributed by atoms with Crippen molar-refractivity contribution in [2.75, 3.05) is 46.0 Å². The standard InChI is InChI=1S/C13H28N2O2/c1-4-15(5-2)8-7-14-13(3,11-16)12-6-9-17-10-12/h12,14,16H,4-11H2,1-3H3. The molecule has 0 saturated carbocycles. The average Bonchev–Trinajstić information content (AvgIpc) is 2.89. The van der Waals surface area contributed by atoms with E-state index in [0.29, 0.717) is 5.92 Å². The van der Waals surface area contributed by atoms with Crippen LogP contribution in [0.2, 0.25) is 0 Å². The molecule has 4 nitrogen and oxygen atoms in total. The summed E-state index contributed by atoms with van der Waals surface area (Å²) in [6, 6.07) is 0. The van der Waals surface area contributed by atoms with E-state index in [1.165, 1.54) is 0 Å². The third-order valence-electron chi connectivity index (χ3n) is 4.01. The van der Waals surface area contributed by atoms with Crippen LogP contribution in [0.5, 0.6) is 0 Å². The van der Waals surface area contributed by atoms with E-state index in [-0.39, 0.29) is 12.1 Å². The third kappa shape index (κ3) is 4.21. The maximum absolute atomic E-state index is 9.59. The van der Waals surface area contributed by atoms with E-state index in [4.69, 9.17) is 4.74 Å². The molecule has 0 aromatic heterocycles. The number of aliphatic hydroxyl groups excluding tert-OH is 1. The Morgan fingerprint density at radius 1 is 1.41 bits per heavy atom. The SMILES string of the molecule is CCN(CC)CCNC(C)(CO)C1CCOC1. The van der Waals surface area contributed by atoms with Crippen LogP contribution in [-0.2, 0) is 4.74 Å². The van der Waals surface area contributed by atoms with Crippen LogP contribution >= 0.6 is 0 Å². The molecule has 1 aliphatic rings. The summed E-state index contributed by atoms with van der Waals surface area (Å²) < 4.78 is 5.41. The Morgan fingerprint density at radius 2 is 2.12 bits per heavy atom. The van der Waals surface area contributed by atoms with Gasteiger partial charge in [0.05, 0.1) is 13.2 Å². The van der Waals surface area contributed by atoms with Crippen LogP contribution < -0.4 is 5.32 Å². The summed E-state index contributed by atoms with van der Waals surface area (Å²) in [4.78, 5) is 2.38. The lowest BCUT2D eigenvalue weighted by Crippen LogP contribution is -2.54. The Hall–Kier alpha value is -0.160. The monoisotopic (exact) mass is 244 g/mol. The largest absolute Gasteiger partial charge is 0.394 e. The van der Waals surface area contributed by atoms with Crippen LogP contribution in [0.3, 0.4) is 0 Å². The number of hydrogen-bond acceptors (Lipinski definition) is 4. The van der Waals surface area contributed by atoms with Gasteiger partial charge < -0.3 is 20.1 Å². The zero-order chi connectivity index (χ0) is 12.7. The van der Waals surface area contributed by atoms with Gasteiger partial charge in [0.15, 0.2) is 0 Å². The number of aliphatic hydroxyl groups is 1. The van der Waals surface area contributed by atoms with Gasteiger partial charge in [-0.1, -0.05) is 13.8 Å². The van der Waals surface area contributed by atoms with Crippen LogP contribution in [0.25, 0.3) is 0 Å². The van der Waals surface area contributed by atoms with E-state index in [1.807, 2.05) is 0 Å². The van der Waals surface area contributed by atoms with Crippen molar-refractivity contribution in [3.05, 3.63) is 0 Å². The fraction of sp³-hybridized carbons (Fsp3) is 1.00. The number of hydrogen-bond donors (Lipinski definition) is 2. The van der Waals surface area contributed by atoms with Crippen molar-refractivity contribution in [3.8, 4) is 0 Å². The number of nitrogens with zero attached hydrogens (tertiary/aromatic N) is 1. The normalized spacial score (nSPS) is 24.2. The molecule has 1 heterocycles. The Labute approximate surface area is 105 Å². The predicted octanol–water partition coefficient (Wildman–Crippen LogP) is 0.705. The first-order valence-corrected chi connectivity index (χ1v) is 6.82. The second kappa shape index (κ2) is 7.31. The highest BCUT2D eigenvalue weighted by atomic mass is 16.5. The molecule has 0 aliphatic carbocycles. The summed E-state index contributed by atoms with van der Waals surface area (Å²) in [6.07, 6.45) is 1.05. The Balaban J connectivity index is 2.35. The zero-order valence-corrected chi connectivity index (χ0v) is 11.5. The maximum Gasteiger partial charge on any atom is 0.0614 e. The molecule has 2 atom stereocenters. The summed E-state index contributed by atoms with van der Waals surface area (Å²) in [5.41, 5.74) is -0.191. The van der Waals surface area contributed by atoms with Crippen molar-refractivity contribution in [2.24, 2.45) is 5.92 Å². The van der Waals surface area contributed by atoms with E-state index >= 15 is 0 Å². The maximum atomic E-state index is 9.59. The molecule has 0 aromatic rings. The van der Waals surface area contributed by atoms with E-state index in [9.17, 15) is 5.11 Å². The summed E-state index contributed by atoms with van der Waals surface area (Å²) in [6.45, 7) is 12.4. The number of likely N-dealkylation sites (N-methyl/N-ethyl adjacent to an activating group) is 1. The highest BCUT2D eigenvalue weighted by molar-refractivity contribution is 4.91. The average molecular weight is 244 g/mol. The fourth-order valence-electron chi connectivity index (χ4n) is 2.41. The van der Waals surface area contributed by atoms with Gasteiger partial charge in [0.1, 0.15) is 0 Å². The molecule has 1 saturated heterocycles. The first-order chi connectivity index (χ1) is 8.16. The lowest BCUT2D eigenvalue weighted by molar-refractivity contribution is 0.0975. The molecule has 1 aliphatic heterocycles. The molecule has 0 bridgehead atoms. The molecule has 17 heavy (non-hydrogen) atoms. The van der Waals surface area contributed by atoms with E-state index in [1.54, 1.807) is 0 Å². The lowest BCUT2D eigenvalue weighted by Gasteiger charge is -2.35. The van der Waals surface area contributed by atoms with Crippen LogP contribution in [-0.4, -0.2) is 61.5 Å². The van der Waals surface area contributed by atoms with Gasteiger partial charge in [-0.05, 0) is 26.4 Å². The molecule has 1 fully saturated rings. The van der Waals surface area contributed by atoms with Gasteiger partial charge in [0, 0.05) is 31.2 Å². The van der Waals surface area contributed by atoms with Crippen LogP contribution in [0.15, 0.2) is 0 Å². The second-order valence-corrected chi connectivity index (χ2v) is 5.09. The molecule has 0 radical (unpaired) electrons. The molecule has 0 spiro atoms. The van der Waals surface area contributed by atoms with Crippen molar-refractivity contribution in [1.82, 2.24) is 10.2 Å². The van der Waals surface area contributed by atoms with E-state index in [0.717, 1.165) is 45.8 Å². The molecule has 2 unspecified atom stereocenters. The lowest BCUT2D eigenvalue weighted by atomic mass is 9.85. The van der Waals surface area contributed by atoms with Gasteiger partial charge in [0.25, 0.3) is 0 Å². The van der Waals surface area contributed by atoms with Crippen molar-refractivity contribution < 1.29 is 9.84 Å². The molecule has 2 N–H and O–H groups in total. The fourth-order valence-corrected chi connectivity index (χ4v) is 2.41. The number of rotatable bonds is 8. The Bertz CT molecular complexity index is 204. The topological polar surface area (TPSA) is 44.7 Å². The first kappa shape index (κ1) is 14.9. The highest BCUT2D eigenvalue weighted by Gasteiger charge is 2.35. The van der Waals surface area contributed by atoms with Crippen LogP contribution in [0.1, 0.15) is 27.2 Å². The van der Waals surface area contributed by atoms with Crippen molar-refractivity contribution in [1.29, 1.82) is 0 Å². The van der Waals surface area contributed by atoms with Crippen molar-refractivity contribution in [2.45, 2.75) is 32.7 Å². The molecule has 0 aromatic carbocycles. The second-order valence-electron chi connectivity index (χ2n) is 5.09. The quantitative estimate of drug-likeness (QED) is 0.660. The number of ether oxygens (including phenoxy) is 1. The molecule has 102 valence electrons. The summed E-state index contributed by atoms with van der Waals surface area (Å²) in [7, 11) is 0. The van der Waals surface area contributed by atoms with Gasteiger partial charge in [0.2, 0.25) is 0 Å². The van der Waals surface area contributed by atoms with E-state index < -0.39 is 0 Å². The van der Waals surface area contributed by atoms with Crippen LogP contribution in [0.4, 0.5) is 0 Å². The summed E-state index contributed by atoms with van der Waals surface area (Å²) in [5.74, 6) is 0.434. The predicted molar refractivity (Wildman–Crippen MR) is 70.2 cm³/mol. The van der Waals surface area contributed by atoms with E-state index in [2.05, 4.69) is 31.0 Å². The minimum atomic E-state index is -0.191. The molecule has 4 heteroatoms. The summed E-state index contributed by atoms with van der Waals surface area (Å²) in [5, 5.41) is 13.1. The first-order valence-electron chi connectivity index (χ1n) is 6.82. The number of nitrogens with one attached hydrogen (secondary N) is 1. The Morgan fingerprint density at radius 3 is 2.59 bits per heavy atom. The van der Waals surface area contributed by atoms with Crippen LogP contribution in [0, 0.1) is 5.92 Å². The summed E-state index contributed by atoms with van der Waals surface area (Å²) >= 11 is 0. The van der Waals surface area contributed by atoms with Gasteiger partial charge in [-0.25, -0.2) is 0 Å². The molecular weight excluding hydrogens is 216 g/mol. The molecule has 0 amide bonds. The molecule has 1 rings (SSSR count). The minimum absolute atomic E-state index is 0.180.